The van der Waals surface area contributed by atoms with E-state index in [2.05, 4.69) is 5.32 Å². The van der Waals surface area contributed by atoms with Crippen LogP contribution in [0.2, 0.25) is 0 Å². The fourth-order valence-electron chi connectivity index (χ4n) is 1.60. The van der Waals surface area contributed by atoms with Gasteiger partial charge in [-0.3, -0.25) is 4.79 Å². The lowest BCUT2D eigenvalue weighted by atomic mass is 10.1. The Balaban J connectivity index is 2.18. The zero-order valence-electron chi connectivity index (χ0n) is 9.09. The number of benzene rings is 1. The van der Waals surface area contributed by atoms with E-state index in [4.69, 9.17) is 5.11 Å². The molecule has 1 fully saturated rings. The first-order chi connectivity index (χ1) is 7.58. The Kier molecular flexibility index (Phi) is 2.68. The molecule has 2 N–H and O–H groups in total. The van der Waals surface area contributed by atoms with Crippen LogP contribution in [0.4, 0.5) is 4.39 Å². The summed E-state index contributed by atoms with van der Waals surface area (Å²) in [5, 5.41) is 11.7. The van der Waals surface area contributed by atoms with Crippen LogP contribution in [0.15, 0.2) is 18.2 Å². The van der Waals surface area contributed by atoms with Crippen LogP contribution in [0, 0.1) is 12.7 Å². The first-order valence-electron chi connectivity index (χ1n) is 5.26. The van der Waals surface area contributed by atoms with Crippen molar-refractivity contribution in [1.82, 2.24) is 5.32 Å². The third-order valence-electron chi connectivity index (χ3n) is 2.97. The van der Waals surface area contributed by atoms with Crippen LogP contribution < -0.4 is 5.32 Å². The Morgan fingerprint density at radius 1 is 1.56 bits per heavy atom. The average molecular weight is 223 g/mol. The van der Waals surface area contributed by atoms with Crippen LogP contribution in [0.1, 0.15) is 28.8 Å². The van der Waals surface area contributed by atoms with E-state index < -0.39 is 17.3 Å². The highest BCUT2D eigenvalue weighted by Gasteiger charge is 2.43. The number of halogens is 1. The zero-order valence-corrected chi connectivity index (χ0v) is 9.09. The van der Waals surface area contributed by atoms with Gasteiger partial charge in [-0.25, -0.2) is 4.39 Å². The number of amides is 1. The van der Waals surface area contributed by atoms with Gasteiger partial charge in [-0.1, -0.05) is 12.1 Å². The predicted octanol–water partition coefficient (Wildman–Crippen LogP) is 1.39. The average Bonchev–Trinajstić information content (AvgIpc) is 3.02. The Hall–Kier alpha value is -1.42. The zero-order chi connectivity index (χ0) is 11.8. The molecular formula is C12H14FNO2. The molecule has 0 aliphatic heterocycles. The van der Waals surface area contributed by atoms with Gasteiger partial charge in [0.1, 0.15) is 5.82 Å². The van der Waals surface area contributed by atoms with E-state index >= 15 is 0 Å². The Morgan fingerprint density at radius 2 is 2.25 bits per heavy atom. The maximum Gasteiger partial charge on any atom is 0.254 e. The maximum atomic E-state index is 13.6. The van der Waals surface area contributed by atoms with Crippen LogP contribution in [0.3, 0.4) is 0 Å². The molecule has 4 heteroatoms. The van der Waals surface area contributed by atoms with Crippen molar-refractivity contribution in [3.63, 3.8) is 0 Å². The third-order valence-corrected chi connectivity index (χ3v) is 2.97. The molecule has 1 saturated carbocycles. The van der Waals surface area contributed by atoms with Crippen LogP contribution in [0.5, 0.6) is 0 Å². The van der Waals surface area contributed by atoms with E-state index in [-0.39, 0.29) is 12.2 Å². The van der Waals surface area contributed by atoms with Crippen LogP contribution in [0.25, 0.3) is 0 Å². The van der Waals surface area contributed by atoms with Gasteiger partial charge in [-0.2, -0.15) is 0 Å². The van der Waals surface area contributed by atoms with E-state index in [9.17, 15) is 9.18 Å². The fourth-order valence-corrected chi connectivity index (χ4v) is 1.60. The highest BCUT2D eigenvalue weighted by atomic mass is 19.1. The molecule has 0 saturated heterocycles. The van der Waals surface area contributed by atoms with Crippen molar-refractivity contribution in [3.8, 4) is 0 Å². The van der Waals surface area contributed by atoms with E-state index in [1.54, 1.807) is 19.1 Å². The molecule has 1 aliphatic carbocycles. The monoisotopic (exact) mass is 223 g/mol. The minimum atomic E-state index is -0.507. The molecule has 0 radical (unpaired) electrons. The SMILES string of the molecule is Cc1cccc(C(=O)NC2(CO)CC2)c1F. The lowest BCUT2D eigenvalue weighted by Crippen LogP contribution is -2.40. The van der Waals surface area contributed by atoms with E-state index in [0.29, 0.717) is 5.56 Å². The number of carbonyl (C=O) groups is 1. The highest BCUT2D eigenvalue weighted by molar-refractivity contribution is 5.95. The molecule has 0 heterocycles. The van der Waals surface area contributed by atoms with Crippen molar-refractivity contribution in [2.45, 2.75) is 25.3 Å². The molecule has 0 bridgehead atoms. The first-order valence-corrected chi connectivity index (χ1v) is 5.26. The van der Waals surface area contributed by atoms with Crippen molar-refractivity contribution in [1.29, 1.82) is 0 Å². The van der Waals surface area contributed by atoms with Gasteiger partial charge in [0.25, 0.3) is 5.91 Å². The summed E-state index contributed by atoms with van der Waals surface area (Å²) in [5.41, 5.74) is -0.0194. The number of nitrogens with one attached hydrogen (secondary N) is 1. The lowest BCUT2D eigenvalue weighted by Gasteiger charge is -2.14. The summed E-state index contributed by atoms with van der Waals surface area (Å²) in [7, 11) is 0. The van der Waals surface area contributed by atoms with Gasteiger partial charge in [0, 0.05) is 0 Å². The summed E-state index contributed by atoms with van der Waals surface area (Å²) in [6.07, 6.45) is 1.51. The van der Waals surface area contributed by atoms with E-state index in [0.717, 1.165) is 12.8 Å². The number of rotatable bonds is 3. The van der Waals surface area contributed by atoms with Gasteiger partial charge in [-0.15, -0.1) is 0 Å². The van der Waals surface area contributed by atoms with Crippen molar-refractivity contribution in [3.05, 3.63) is 35.1 Å². The number of aliphatic hydroxyl groups excluding tert-OH is 1. The number of aliphatic hydroxyl groups is 1. The number of carbonyl (C=O) groups excluding carboxylic acids is 1. The molecule has 1 aromatic carbocycles. The summed E-state index contributed by atoms with van der Waals surface area (Å²) in [6.45, 7) is 1.53. The third kappa shape index (κ3) is 1.93. The molecule has 0 unspecified atom stereocenters. The molecule has 86 valence electrons. The first kappa shape index (κ1) is 11.1. The number of aryl methyl sites for hydroxylation is 1. The summed E-state index contributed by atoms with van der Waals surface area (Å²) < 4.78 is 13.6. The van der Waals surface area contributed by atoms with Gasteiger partial charge in [0.15, 0.2) is 0 Å². The smallest absolute Gasteiger partial charge is 0.254 e. The Morgan fingerprint density at radius 3 is 2.81 bits per heavy atom. The minimum absolute atomic E-state index is 0.0414. The minimum Gasteiger partial charge on any atom is -0.394 e. The largest absolute Gasteiger partial charge is 0.394 e. The number of hydrogen-bond donors (Lipinski definition) is 2. The molecule has 0 spiro atoms. The molecule has 1 aliphatic rings. The topological polar surface area (TPSA) is 49.3 Å². The van der Waals surface area contributed by atoms with Gasteiger partial charge in [0.05, 0.1) is 17.7 Å². The second-order valence-corrected chi connectivity index (χ2v) is 4.33. The number of hydrogen-bond acceptors (Lipinski definition) is 2. The van der Waals surface area contributed by atoms with Crippen molar-refractivity contribution in [2.75, 3.05) is 6.61 Å². The standard InChI is InChI=1S/C12H14FNO2/c1-8-3-2-4-9(10(8)13)11(16)14-12(7-15)5-6-12/h2-4,15H,5-7H2,1H3,(H,14,16). The van der Waals surface area contributed by atoms with Crippen molar-refractivity contribution >= 4 is 5.91 Å². The van der Waals surface area contributed by atoms with Crippen LogP contribution in [-0.2, 0) is 0 Å². The van der Waals surface area contributed by atoms with Crippen molar-refractivity contribution in [2.24, 2.45) is 0 Å². The molecular weight excluding hydrogens is 209 g/mol. The highest BCUT2D eigenvalue weighted by Crippen LogP contribution is 2.34. The molecule has 1 amide bonds. The molecule has 3 nitrogen and oxygen atoms in total. The Labute approximate surface area is 93.3 Å². The van der Waals surface area contributed by atoms with Crippen LogP contribution >= 0.6 is 0 Å². The maximum absolute atomic E-state index is 13.6. The second kappa shape index (κ2) is 3.87. The van der Waals surface area contributed by atoms with E-state index in [1.807, 2.05) is 0 Å². The summed E-state index contributed by atoms with van der Waals surface area (Å²) in [5.74, 6) is -0.943. The summed E-state index contributed by atoms with van der Waals surface area (Å²) >= 11 is 0. The van der Waals surface area contributed by atoms with Gasteiger partial charge in [-0.05, 0) is 31.4 Å². The molecule has 0 aromatic heterocycles. The van der Waals surface area contributed by atoms with Gasteiger partial charge < -0.3 is 10.4 Å². The molecule has 1 aromatic rings. The van der Waals surface area contributed by atoms with Gasteiger partial charge in [0.2, 0.25) is 0 Å². The van der Waals surface area contributed by atoms with Crippen LogP contribution in [-0.4, -0.2) is 23.2 Å². The molecule has 16 heavy (non-hydrogen) atoms. The summed E-state index contributed by atoms with van der Waals surface area (Å²) in [6, 6.07) is 4.71. The fraction of sp³-hybridized carbons (Fsp3) is 0.417. The quantitative estimate of drug-likeness (QED) is 0.813. The Bertz CT molecular complexity index is 427. The molecule has 0 atom stereocenters. The normalized spacial score (nSPS) is 16.9. The van der Waals surface area contributed by atoms with E-state index in [1.165, 1.54) is 6.07 Å². The van der Waals surface area contributed by atoms with Gasteiger partial charge >= 0.3 is 0 Å². The second-order valence-electron chi connectivity index (χ2n) is 4.33. The molecule has 2 rings (SSSR count). The summed E-state index contributed by atoms with van der Waals surface area (Å²) in [4.78, 5) is 11.8. The lowest BCUT2D eigenvalue weighted by molar-refractivity contribution is 0.0902. The predicted molar refractivity (Wildman–Crippen MR) is 57.7 cm³/mol. The van der Waals surface area contributed by atoms with Crippen molar-refractivity contribution < 1.29 is 14.3 Å².